The Balaban J connectivity index is 1.90. The van der Waals surface area contributed by atoms with Crippen molar-refractivity contribution in [1.82, 2.24) is 9.88 Å². The molecule has 0 radical (unpaired) electrons. The van der Waals surface area contributed by atoms with Crippen LogP contribution in [0, 0.1) is 23.2 Å². The Morgan fingerprint density at radius 1 is 1.56 bits per heavy atom. The van der Waals surface area contributed by atoms with Crippen molar-refractivity contribution in [3.63, 3.8) is 0 Å². The maximum absolute atomic E-state index is 10.9. The van der Waals surface area contributed by atoms with Crippen LogP contribution in [0.5, 0.6) is 0 Å². The third-order valence-corrected chi connectivity index (χ3v) is 4.19. The number of aromatic nitrogens is 1. The number of pyridine rings is 1. The highest BCUT2D eigenvalue weighted by Crippen LogP contribution is 2.62. The molecule has 2 fully saturated rings. The van der Waals surface area contributed by atoms with Gasteiger partial charge in [0.25, 0.3) is 0 Å². The van der Waals surface area contributed by atoms with Crippen LogP contribution in [0.2, 0.25) is 5.15 Å². The van der Waals surface area contributed by atoms with E-state index in [1.54, 1.807) is 18.2 Å². The number of amides is 1. The number of nitrogens with zero attached hydrogens (tertiary/aromatic N) is 3. The lowest BCUT2D eigenvalue weighted by Gasteiger charge is -2.19. The van der Waals surface area contributed by atoms with E-state index >= 15 is 0 Å². The third-order valence-electron chi connectivity index (χ3n) is 3.97. The molecule has 1 amide bonds. The number of piperidine rings is 1. The number of hydrogen-bond donors (Lipinski definition) is 1. The molecule has 18 heavy (non-hydrogen) atoms. The second-order valence-corrected chi connectivity index (χ2v) is 5.11. The fourth-order valence-electron chi connectivity index (χ4n) is 3.03. The van der Waals surface area contributed by atoms with Crippen LogP contribution in [0.25, 0.3) is 0 Å². The first-order chi connectivity index (χ1) is 8.59. The molecule has 5 nitrogen and oxygen atoms in total. The molecule has 1 aromatic heterocycles. The molecule has 1 aromatic rings. The van der Waals surface area contributed by atoms with E-state index < -0.39 is 11.5 Å². The lowest BCUT2D eigenvalue weighted by Crippen LogP contribution is -2.33. The highest BCUT2D eigenvalue weighted by Gasteiger charge is 2.71. The SMILES string of the molecule is N#C[C@]1(c2cccc(Cl)n2)[C@@H]2CN(C(=O)O)C[C@@H]21. The predicted octanol–water partition coefficient (Wildman–Crippen LogP) is 1.74. The van der Waals surface area contributed by atoms with Crippen molar-refractivity contribution in [3.05, 3.63) is 29.0 Å². The fourth-order valence-corrected chi connectivity index (χ4v) is 3.19. The molecule has 1 aliphatic heterocycles. The monoisotopic (exact) mass is 263 g/mol. The quantitative estimate of drug-likeness (QED) is 0.783. The number of rotatable bonds is 1. The van der Waals surface area contributed by atoms with Gasteiger partial charge in [0.2, 0.25) is 0 Å². The normalized spacial score (nSPS) is 32.8. The molecule has 6 heteroatoms. The van der Waals surface area contributed by atoms with Gasteiger partial charge in [-0.15, -0.1) is 0 Å². The molecule has 1 N–H and O–H groups in total. The highest BCUT2D eigenvalue weighted by molar-refractivity contribution is 6.29. The molecule has 1 aliphatic carbocycles. The molecule has 2 aliphatic rings. The molecular weight excluding hydrogens is 254 g/mol. The van der Waals surface area contributed by atoms with Crippen molar-refractivity contribution < 1.29 is 9.90 Å². The van der Waals surface area contributed by atoms with Gasteiger partial charge >= 0.3 is 6.09 Å². The molecule has 0 unspecified atom stereocenters. The molecular formula is C12H10ClN3O2. The van der Waals surface area contributed by atoms with Gasteiger partial charge in [0.15, 0.2) is 0 Å². The number of carbonyl (C=O) groups is 1. The van der Waals surface area contributed by atoms with E-state index in [1.807, 2.05) is 0 Å². The number of likely N-dealkylation sites (tertiary alicyclic amines) is 1. The highest BCUT2D eigenvalue weighted by atomic mass is 35.5. The Hall–Kier alpha value is -1.80. The first kappa shape index (κ1) is 11.3. The van der Waals surface area contributed by atoms with Crippen LogP contribution in [0.3, 0.4) is 0 Å². The summed E-state index contributed by atoms with van der Waals surface area (Å²) in [6.07, 6.45) is -0.923. The summed E-state index contributed by atoms with van der Waals surface area (Å²) < 4.78 is 0. The maximum Gasteiger partial charge on any atom is 0.407 e. The van der Waals surface area contributed by atoms with Crippen molar-refractivity contribution in [2.45, 2.75) is 5.41 Å². The van der Waals surface area contributed by atoms with Gasteiger partial charge in [-0.25, -0.2) is 9.78 Å². The second kappa shape index (κ2) is 3.59. The smallest absolute Gasteiger partial charge is 0.407 e. The van der Waals surface area contributed by atoms with Gasteiger partial charge in [0.05, 0.1) is 11.8 Å². The van der Waals surface area contributed by atoms with Crippen LogP contribution < -0.4 is 0 Å². The summed E-state index contributed by atoms with van der Waals surface area (Å²) in [5, 5.41) is 18.7. The van der Waals surface area contributed by atoms with Crippen molar-refractivity contribution in [3.8, 4) is 6.07 Å². The first-order valence-electron chi connectivity index (χ1n) is 5.61. The zero-order chi connectivity index (χ0) is 12.9. The standard InChI is InChI=1S/C12H10ClN3O2/c13-10-3-1-2-9(15-10)12(6-14)7-4-16(11(17)18)5-8(7)12/h1-3,7-8H,4-5H2,(H,17,18)/t7-,8+,12+. The van der Waals surface area contributed by atoms with E-state index in [-0.39, 0.29) is 11.8 Å². The summed E-state index contributed by atoms with van der Waals surface area (Å²) in [6.45, 7) is 0.809. The van der Waals surface area contributed by atoms with E-state index in [2.05, 4.69) is 11.1 Å². The van der Waals surface area contributed by atoms with Gasteiger partial charge in [0.1, 0.15) is 10.6 Å². The summed E-state index contributed by atoms with van der Waals surface area (Å²) in [6, 6.07) is 7.54. The van der Waals surface area contributed by atoms with Crippen LogP contribution >= 0.6 is 11.6 Å². The molecule has 0 spiro atoms. The van der Waals surface area contributed by atoms with E-state index in [0.29, 0.717) is 23.9 Å². The Bertz CT molecular complexity index is 557. The predicted molar refractivity (Wildman–Crippen MR) is 63.1 cm³/mol. The minimum absolute atomic E-state index is 0.0459. The summed E-state index contributed by atoms with van der Waals surface area (Å²) in [4.78, 5) is 16.4. The molecule has 92 valence electrons. The van der Waals surface area contributed by atoms with Crippen molar-refractivity contribution in [2.75, 3.05) is 13.1 Å². The topological polar surface area (TPSA) is 77.2 Å². The van der Waals surface area contributed by atoms with Gasteiger partial charge in [-0.2, -0.15) is 5.26 Å². The first-order valence-corrected chi connectivity index (χ1v) is 5.99. The molecule has 0 bridgehead atoms. The molecule has 2 heterocycles. The Labute approximate surface area is 109 Å². The van der Waals surface area contributed by atoms with Crippen molar-refractivity contribution in [1.29, 1.82) is 5.26 Å². The number of nitriles is 1. The van der Waals surface area contributed by atoms with E-state index in [4.69, 9.17) is 16.7 Å². The lowest BCUT2D eigenvalue weighted by atomic mass is 9.96. The molecule has 1 saturated heterocycles. The van der Waals surface area contributed by atoms with Crippen LogP contribution in [0.15, 0.2) is 18.2 Å². The van der Waals surface area contributed by atoms with Crippen LogP contribution in [-0.2, 0) is 5.41 Å². The fraction of sp³-hybridized carbons (Fsp3) is 0.417. The summed E-state index contributed by atoms with van der Waals surface area (Å²) in [7, 11) is 0. The number of fused-ring (bicyclic) bond motifs is 1. The minimum atomic E-state index is -0.923. The van der Waals surface area contributed by atoms with Crippen molar-refractivity contribution in [2.24, 2.45) is 11.8 Å². The summed E-state index contributed by atoms with van der Waals surface area (Å²) in [5.74, 6) is 0.0918. The Kier molecular flexibility index (Phi) is 2.26. The number of carboxylic acid groups (broad SMARTS) is 1. The number of hydrogen-bond acceptors (Lipinski definition) is 3. The largest absolute Gasteiger partial charge is 0.465 e. The van der Waals surface area contributed by atoms with Gasteiger partial charge in [-0.05, 0) is 12.1 Å². The van der Waals surface area contributed by atoms with Crippen LogP contribution in [0.1, 0.15) is 5.69 Å². The van der Waals surface area contributed by atoms with Crippen molar-refractivity contribution >= 4 is 17.7 Å². The second-order valence-electron chi connectivity index (χ2n) is 4.73. The van der Waals surface area contributed by atoms with Crippen LogP contribution in [-0.4, -0.2) is 34.2 Å². The van der Waals surface area contributed by atoms with Crippen LogP contribution in [0.4, 0.5) is 4.79 Å². The van der Waals surface area contributed by atoms with E-state index in [0.717, 1.165) is 0 Å². The third kappa shape index (κ3) is 1.33. The Morgan fingerprint density at radius 3 is 2.72 bits per heavy atom. The molecule has 1 saturated carbocycles. The zero-order valence-electron chi connectivity index (χ0n) is 9.38. The molecule has 0 aromatic carbocycles. The van der Waals surface area contributed by atoms with Gasteiger partial charge in [-0.3, -0.25) is 0 Å². The summed E-state index contributed by atoms with van der Waals surface area (Å²) in [5.41, 5.74) is 0.0224. The van der Waals surface area contributed by atoms with Gasteiger partial charge < -0.3 is 10.0 Å². The minimum Gasteiger partial charge on any atom is -0.465 e. The summed E-state index contributed by atoms with van der Waals surface area (Å²) >= 11 is 5.85. The Morgan fingerprint density at radius 2 is 2.22 bits per heavy atom. The number of halogens is 1. The zero-order valence-corrected chi connectivity index (χ0v) is 10.1. The average molecular weight is 264 g/mol. The van der Waals surface area contributed by atoms with E-state index in [1.165, 1.54) is 4.90 Å². The van der Waals surface area contributed by atoms with Gasteiger partial charge in [-0.1, -0.05) is 17.7 Å². The van der Waals surface area contributed by atoms with E-state index in [9.17, 15) is 10.1 Å². The van der Waals surface area contributed by atoms with Gasteiger partial charge in [0, 0.05) is 24.9 Å². The molecule has 3 rings (SSSR count). The average Bonchev–Trinajstić information content (AvgIpc) is 2.73. The molecule has 3 atom stereocenters. The lowest BCUT2D eigenvalue weighted by molar-refractivity contribution is 0.148. The maximum atomic E-state index is 10.9.